The Morgan fingerprint density at radius 3 is 2.06 bits per heavy atom. The van der Waals surface area contributed by atoms with Gasteiger partial charge in [0.2, 0.25) is 0 Å². The van der Waals surface area contributed by atoms with Crippen molar-refractivity contribution in [3.8, 4) is 0 Å². The Morgan fingerprint density at radius 2 is 1.44 bits per heavy atom. The van der Waals surface area contributed by atoms with Crippen LogP contribution in [0.5, 0.6) is 0 Å². The fourth-order valence-corrected chi connectivity index (χ4v) is 4.32. The second-order valence-electron chi connectivity index (χ2n) is 7.54. The summed E-state index contributed by atoms with van der Waals surface area (Å²) in [5, 5.41) is 0. The summed E-state index contributed by atoms with van der Waals surface area (Å²) in [5.74, 6) is 3.16. The van der Waals surface area contributed by atoms with E-state index in [1.54, 1.807) is 6.42 Å². The molecule has 2 aliphatic carbocycles. The van der Waals surface area contributed by atoms with Crippen LogP contribution in [0.15, 0.2) is 0 Å². The normalized spacial score (nSPS) is 30.8. The van der Waals surface area contributed by atoms with E-state index in [1.807, 2.05) is 0 Å². The van der Waals surface area contributed by atoms with E-state index in [1.165, 1.54) is 64.2 Å². The minimum Gasteiger partial charge on any atom is -0.173 e. The summed E-state index contributed by atoms with van der Waals surface area (Å²) in [5.41, 5.74) is 0. The van der Waals surface area contributed by atoms with Crippen molar-refractivity contribution in [2.24, 2.45) is 17.8 Å². The maximum absolute atomic E-state index is 4.70. The highest BCUT2D eigenvalue weighted by atomic mass is 32.1. The zero-order chi connectivity index (χ0) is 13.0. The maximum atomic E-state index is 4.70. The van der Waals surface area contributed by atoms with Crippen LogP contribution in [-0.2, 0) is 0 Å². The Balaban J connectivity index is 1.81. The summed E-state index contributed by atoms with van der Waals surface area (Å²) >= 11 is 4.70. The van der Waals surface area contributed by atoms with Crippen molar-refractivity contribution in [2.45, 2.75) is 89.2 Å². The molecule has 2 atom stereocenters. The van der Waals surface area contributed by atoms with Gasteiger partial charge in [0.25, 0.3) is 0 Å². The van der Waals surface area contributed by atoms with E-state index in [9.17, 15) is 0 Å². The molecule has 2 rings (SSSR count). The maximum Gasteiger partial charge on any atom is 0.00732 e. The van der Waals surface area contributed by atoms with E-state index in [0.29, 0.717) is 0 Å². The molecule has 0 bridgehead atoms. The molecule has 2 aliphatic rings. The van der Waals surface area contributed by atoms with Crippen LogP contribution in [0.4, 0.5) is 0 Å². The SMILES string of the molecule is CC(C)(S)CCC1CCCCC1CC1CCCC1. The first-order chi connectivity index (χ1) is 8.54. The summed E-state index contributed by atoms with van der Waals surface area (Å²) in [4.78, 5) is 0. The lowest BCUT2D eigenvalue weighted by atomic mass is 9.72. The van der Waals surface area contributed by atoms with Gasteiger partial charge in [0.05, 0.1) is 0 Å². The minimum atomic E-state index is 0.232. The van der Waals surface area contributed by atoms with Crippen LogP contribution in [-0.4, -0.2) is 4.75 Å². The molecule has 0 heterocycles. The van der Waals surface area contributed by atoms with Crippen molar-refractivity contribution in [3.63, 3.8) is 0 Å². The van der Waals surface area contributed by atoms with Crippen LogP contribution >= 0.6 is 12.6 Å². The van der Waals surface area contributed by atoms with Crippen molar-refractivity contribution in [1.29, 1.82) is 0 Å². The van der Waals surface area contributed by atoms with Gasteiger partial charge in [-0.2, -0.15) is 12.6 Å². The van der Waals surface area contributed by atoms with E-state index in [-0.39, 0.29) is 4.75 Å². The first-order valence-corrected chi connectivity index (χ1v) is 8.72. The molecule has 0 nitrogen and oxygen atoms in total. The highest BCUT2D eigenvalue weighted by molar-refractivity contribution is 7.81. The predicted octanol–water partition coefficient (Wildman–Crippen LogP) is 5.86. The number of hydrogen-bond acceptors (Lipinski definition) is 1. The van der Waals surface area contributed by atoms with Gasteiger partial charge >= 0.3 is 0 Å². The fourth-order valence-electron chi connectivity index (χ4n) is 4.19. The van der Waals surface area contributed by atoms with Crippen molar-refractivity contribution < 1.29 is 0 Å². The highest BCUT2D eigenvalue weighted by Crippen LogP contribution is 2.41. The van der Waals surface area contributed by atoms with E-state index in [2.05, 4.69) is 13.8 Å². The van der Waals surface area contributed by atoms with Crippen molar-refractivity contribution >= 4 is 12.6 Å². The third-order valence-electron chi connectivity index (χ3n) is 5.30. The number of rotatable bonds is 5. The molecule has 2 unspecified atom stereocenters. The topological polar surface area (TPSA) is 0 Å². The summed E-state index contributed by atoms with van der Waals surface area (Å²) in [6.07, 6.45) is 16.3. The van der Waals surface area contributed by atoms with E-state index >= 15 is 0 Å². The Kier molecular flexibility index (Phi) is 5.47. The number of thiol groups is 1. The zero-order valence-corrected chi connectivity index (χ0v) is 13.4. The van der Waals surface area contributed by atoms with E-state index < -0.39 is 0 Å². The van der Waals surface area contributed by atoms with Crippen LogP contribution in [0.25, 0.3) is 0 Å². The van der Waals surface area contributed by atoms with Gasteiger partial charge in [-0.3, -0.25) is 0 Å². The van der Waals surface area contributed by atoms with Crippen LogP contribution in [0.3, 0.4) is 0 Å². The molecule has 0 N–H and O–H groups in total. The summed E-state index contributed by atoms with van der Waals surface area (Å²) in [7, 11) is 0. The molecule has 0 aliphatic heterocycles. The molecule has 0 spiro atoms. The fraction of sp³-hybridized carbons (Fsp3) is 1.00. The van der Waals surface area contributed by atoms with Crippen LogP contribution in [0, 0.1) is 17.8 Å². The highest BCUT2D eigenvalue weighted by Gasteiger charge is 2.29. The van der Waals surface area contributed by atoms with Crippen molar-refractivity contribution in [1.82, 2.24) is 0 Å². The molecule has 18 heavy (non-hydrogen) atoms. The van der Waals surface area contributed by atoms with Crippen LogP contribution < -0.4 is 0 Å². The van der Waals surface area contributed by atoms with E-state index in [4.69, 9.17) is 12.6 Å². The van der Waals surface area contributed by atoms with Crippen molar-refractivity contribution in [3.05, 3.63) is 0 Å². The Labute approximate surface area is 120 Å². The van der Waals surface area contributed by atoms with Crippen LogP contribution in [0.1, 0.15) is 84.5 Å². The minimum absolute atomic E-state index is 0.232. The molecular weight excluding hydrogens is 236 g/mol. The third kappa shape index (κ3) is 4.79. The summed E-state index contributed by atoms with van der Waals surface area (Å²) in [6, 6.07) is 0. The third-order valence-corrected chi connectivity index (χ3v) is 5.53. The van der Waals surface area contributed by atoms with Gasteiger partial charge < -0.3 is 0 Å². The van der Waals surface area contributed by atoms with Gasteiger partial charge in [-0.05, 0) is 37.0 Å². The van der Waals surface area contributed by atoms with Gasteiger partial charge in [0.1, 0.15) is 0 Å². The smallest absolute Gasteiger partial charge is 0.00732 e. The average molecular weight is 269 g/mol. The standard InChI is InChI=1S/C17H32S/c1-17(2,18)12-11-15-9-5-6-10-16(15)13-14-7-3-4-8-14/h14-16,18H,3-13H2,1-2H3. The lowest BCUT2D eigenvalue weighted by molar-refractivity contribution is 0.181. The molecule has 0 amide bonds. The average Bonchev–Trinajstić information content (AvgIpc) is 2.80. The zero-order valence-electron chi connectivity index (χ0n) is 12.5. The Morgan fingerprint density at radius 1 is 0.889 bits per heavy atom. The van der Waals surface area contributed by atoms with Gasteiger partial charge in [-0.25, -0.2) is 0 Å². The van der Waals surface area contributed by atoms with E-state index in [0.717, 1.165) is 17.8 Å². The molecule has 0 radical (unpaired) electrons. The quantitative estimate of drug-likeness (QED) is 0.593. The first-order valence-electron chi connectivity index (χ1n) is 8.27. The largest absolute Gasteiger partial charge is 0.173 e. The molecular formula is C17H32S. The molecule has 0 aromatic carbocycles. The molecule has 0 aromatic rings. The van der Waals surface area contributed by atoms with Gasteiger partial charge in [0, 0.05) is 4.75 Å². The molecule has 1 heteroatoms. The second kappa shape index (κ2) is 6.68. The Hall–Kier alpha value is 0.350. The second-order valence-corrected chi connectivity index (χ2v) is 8.75. The first kappa shape index (κ1) is 14.8. The molecule has 2 saturated carbocycles. The van der Waals surface area contributed by atoms with Crippen molar-refractivity contribution in [2.75, 3.05) is 0 Å². The lowest BCUT2D eigenvalue weighted by Gasteiger charge is -2.34. The summed E-state index contributed by atoms with van der Waals surface area (Å²) in [6.45, 7) is 4.54. The monoisotopic (exact) mass is 268 g/mol. The molecule has 2 fully saturated rings. The molecule has 0 saturated heterocycles. The molecule has 106 valence electrons. The molecule has 0 aromatic heterocycles. The lowest BCUT2D eigenvalue weighted by Crippen LogP contribution is -2.24. The number of hydrogen-bond donors (Lipinski definition) is 1. The van der Waals surface area contributed by atoms with Crippen LogP contribution in [0.2, 0.25) is 0 Å². The Bertz CT molecular complexity index is 234. The van der Waals surface area contributed by atoms with Gasteiger partial charge in [-0.15, -0.1) is 0 Å². The predicted molar refractivity (Wildman–Crippen MR) is 84.3 cm³/mol. The van der Waals surface area contributed by atoms with Gasteiger partial charge in [-0.1, -0.05) is 65.2 Å². The summed E-state index contributed by atoms with van der Waals surface area (Å²) < 4.78 is 0.232. The van der Waals surface area contributed by atoms with Gasteiger partial charge in [0.15, 0.2) is 0 Å².